The summed E-state index contributed by atoms with van der Waals surface area (Å²) in [6.45, 7) is 6.57. The molecule has 0 N–H and O–H groups in total. The Hall–Kier alpha value is -2.63. The Bertz CT molecular complexity index is 1140. The van der Waals surface area contributed by atoms with E-state index in [1.807, 2.05) is 0 Å². The Kier molecular flexibility index (Phi) is 51.8. The second-order valence-corrected chi connectivity index (χ2v) is 18.8. The van der Waals surface area contributed by atoms with E-state index in [0.717, 1.165) is 96.3 Å². The molecule has 0 fully saturated rings. The summed E-state index contributed by atoms with van der Waals surface area (Å²) < 4.78 is 16.8. The van der Waals surface area contributed by atoms with Crippen LogP contribution in [-0.4, -0.2) is 37.2 Å². The summed E-state index contributed by atoms with van der Waals surface area (Å²) in [4.78, 5) is 38.1. The first kappa shape index (κ1) is 62.4. The van der Waals surface area contributed by atoms with Gasteiger partial charge >= 0.3 is 17.9 Å². The van der Waals surface area contributed by atoms with Crippen molar-refractivity contribution in [2.24, 2.45) is 0 Å². The van der Waals surface area contributed by atoms with Gasteiger partial charge in [0.1, 0.15) is 13.2 Å². The molecule has 0 aromatic rings. The average Bonchev–Trinajstić information content (AvgIpc) is 3.30. The molecule has 0 aromatic carbocycles. The van der Waals surface area contributed by atoms with Gasteiger partial charge in [0, 0.05) is 19.3 Å². The van der Waals surface area contributed by atoms with Crippen LogP contribution in [0.15, 0.2) is 48.6 Å². The van der Waals surface area contributed by atoms with Crippen LogP contribution in [0.3, 0.4) is 0 Å². The maximum atomic E-state index is 12.8. The molecule has 0 aliphatic carbocycles. The minimum Gasteiger partial charge on any atom is -0.462 e. The van der Waals surface area contributed by atoms with Crippen LogP contribution in [0, 0.1) is 0 Å². The van der Waals surface area contributed by atoms with Crippen LogP contribution < -0.4 is 0 Å². The third-order valence-corrected chi connectivity index (χ3v) is 12.3. The molecule has 6 heteroatoms. The molecule has 0 spiro atoms. The highest BCUT2D eigenvalue weighted by Gasteiger charge is 2.19. The highest BCUT2D eigenvalue weighted by molar-refractivity contribution is 5.71. The first-order valence-corrected chi connectivity index (χ1v) is 28.1. The predicted molar refractivity (Wildman–Crippen MR) is 279 cm³/mol. The summed E-state index contributed by atoms with van der Waals surface area (Å²) in [6.07, 6.45) is 65.2. The molecule has 0 saturated carbocycles. The summed E-state index contributed by atoms with van der Waals surface area (Å²) >= 11 is 0. The number of carbonyl (C=O) groups is 3. The number of carbonyl (C=O) groups excluding carboxylic acids is 3. The molecule has 0 aliphatic heterocycles. The third-order valence-electron chi connectivity index (χ3n) is 12.3. The lowest BCUT2D eigenvalue weighted by atomic mass is 10.1. The van der Waals surface area contributed by atoms with E-state index in [2.05, 4.69) is 69.4 Å². The Morgan fingerprint density at radius 3 is 0.923 bits per heavy atom. The van der Waals surface area contributed by atoms with Gasteiger partial charge in [-0.2, -0.15) is 0 Å². The fraction of sp³-hybridized carbons (Fsp3) is 0.814. The molecule has 1 atom stereocenters. The van der Waals surface area contributed by atoms with Gasteiger partial charge in [0.2, 0.25) is 0 Å². The monoisotopic (exact) mass is 911 g/mol. The lowest BCUT2D eigenvalue weighted by Crippen LogP contribution is -2.30. The second kappa shape index (κ2) is 54.0. The van der Waals surface area contributed by atoms with Crippen molar-refractivity contribution >= 4 is 17.9 Å². The van der Waals surface area contributed by atoms with Crippen molar-refractivity contribution in [3.63, 3.8) is 0 Å². The SMILES string of the molecule is CCC/C=C\C/C=C\CCCCCCCC(=O)OCC(COC(=O)CCCCCCCCC/C=C\CCCCCCCCC)OC(=O)CCCCCCC/C=C\CCCCCCCCC. The molecule has 0 radical (unpaired) electrons. The van der Waals surface area contributed by atoms with Gasteiger partial charge in [-0.05, 0) is 96.3 Å². The maximum Gasteiger partial charge on any atom is 0.306 e. The van der Waals surface area contributed by atoms with Crippen LogP contribution in [0.25, 0.3) is 0 Å². The Labute approximate surface area is 403 Å². The maximum absolute atomic E-state index is 12.8. The van der Waals surface area contributed by atoms with E-state index >= 15 is 0 Å². The van der Waals surface area contributed by atoms with E-state index in [-0.39, 0.29) is 31.1 Å². The fourth-order valence-electron chi connectivity index (χ4n) is 8.00. The number of allylic oxidation sites excluding steroid dienone is 8. The Morgan fingerprint density at radius 2 is 0.585 bits per heavy atom. The van der Waals surface area contributed by atoms with E-state index in [0.29, 0.717) is 19.3 Å². The van der Waals surface area contributed by atoms with E-state index < -0.39 is 6.10 Å². The van der Waals surface area contributed by atoms with Gasteiger partial charge in [-0.3, -0.25) is 14.4 Å². The minimum absolute atomic E-state index is 0.0820. The smallest absolute Gasteiger partial charge is 0.306 e. The van der Waals surface area contributed by atoms with Crippen molar-refractivity contribution < 1.29 is 28.6 Å². The summed E-state index contributed by atoms with van der Waals surface area (Å²) in [5, 5.41) is 0. The van der Waals surface area contributed by atoms with Gasteiger partial charge in [-0.1, -0.05) is 223 Å². The molecule has 0 aliphatic rings. The molecular weight excluding hydrogens is 805 g/mol. The van der Waals surface area contributed by atoms with Gasteiger partial charge in [-0.25, -0.2) is 0 Å². The average molecular weight is 911 g/mol. The van der Waals surface area contributed by atoms with E-state index in [1.54, 1.807) is 0 Å². The number of esters is 3. The molecular formula is C59H106O6. The van der Waals surface area contributed by atoms with Crippen molar-refractivity contribution in [1.29, 1.82) is 0 Å². The van der Waals surface area contributed by atoms with Crippen LogP contribution in [0.1, 0.15) is 290 Å². The second-order valence-electron chi connectivity index (χ2n) is 18.8. The molecule has 0 bridgehead atoms. The van der Waals surface area contributed by atoms with E-state index in [9.17, 15) is 14.4 Å². The van der Waals surface area contributed by atoms with Crippen LogP contribution in [0.5, 0.6) is 0 Å². The molecule has 65 heavy (non-hydrogen) atoms. The molecule has 378 valence electrons. The van der Waals surface area contributed by atoms with Gasteiger partial charge in [0.15, 0.2) is 6.10 Å². The fourth-order valence-corrected chi connectivity index (χ4v) is 8.00. The lowest BCUT2D eigenvalue weighted by molar-refractivity contribution is -0.167. The van der Waals surface area contributed by atoms with Crippen LogP contribution in [0.4, 0.5) is 0 Å². The first-order valence-electron chi connectivity index (χ1n) is 28.1. The van der Waals surface area contributed by atoms with Gasteiger partial charge < -0.3 is 14.2 Å². The third kappa shape index (κ3) is 52.2. The number of unbranched alkanes of at least 4 members (excludes halogenated alkanes) is 32. The number of hydrogen-bond donors (Lipinski definition) is 0. The first-order chi connectivity index (χ1) is 32.0. The molecule has 0 rings (SSSR count). The zero-order chi connectivity index (χ0) is 47.2. The molecule has 6 nitrogen and oxygen atoms in total. The molecule has 1 unspecified atom stereocenters. The summed E-state index contributed by atoms with van der Waals surface area (Å²) in [5.74, 6) is -0.898. The quantitative estimate of drug-likeness (QED) is 0.0262. The summed E-state index contributed by atoms with van der Waals surface area (Å²) in [5.41, 5.74) is 0. The Balaban J connectivity index is 4.37. The van der Waals surface area contributed by atoms with Crippen LogP contribution in [0.2, 0.25) is 0 Å². The minimum atomic E-state index is -0.784. The zero-order valence-electron chi connectivity index (χ0n) is 43.3. The Morgan fingerprint density at radius 1 is 0.308 bits per heavy atom. The van der Waals surface area contributed by atoms with Crippen LogP contribution >= 0.6 is 0 Å². The van der Waals surface area contributed by atoms with Gasteiger partial charge in [-0.15, -0.1) is 0 Å². The highest BCUT2D eigenvalue weighted by Crippen LogP contribution is 2.15. The van der Waals surface area contributed by atoms with Gasteiger partial charge in [0.25, 0.3) is 0 Å². The summed E-state index contributed by atoms with van der Waals surface area (Å²) in [6, 6.07) is 0. The van der Waals surface area contributed by atoms with Crippen molar-refractivity contribution in [2.75, 3.05) is 13.2 Å². The lowest BCUT2D eigenvalue weighted by Gasteiger charge is -2.18. The van der Waals surface area contributed by atoms with Crippen molar-refractivity contribution in [3.05, 3.63) is 48.6 Å². The number of hydrogen-bond acceptors (Lipinski definition) is 6. The molecule has 0 heterocycles. The predicted octanol–water partition coefficient (Wildman–Crippen LogP) is 18.7. The zero-order valence-corrected chi connectivity index (χ0v) is 43.3. The highest BCUT2D eigenvalue weighted by atomic mass is 16.6. The van der Waals surface area contributed by atoms with Crippen molar-refractivity contribution in [3.8, 4) is 0 Å². The molecule has 0 saturated heterocycles. The van der Waals surface area contributed by atoms with E-state index in [4.69, 9.17) is 14.2 Å². The molecule has 0 amide bonds. The van der Waals surface area contributed by atoms with Crippen LogP contribution in [-0.2, 0) is 28.6 Å². The van der Waals surface area contributed by atoms with Crippen molar-refractivity contribution in [2.45, 2.75) is 297 Å². The normalized spacial score (nSPS) is 12.4. The standard InChI is InChI=1S/C59H106O6/c1-4-7-10-13-16-19-22-25-27-29-30-32-34-37-40-43-46-49-52-58(61)64-55-56(54-63-57(60)51-48-45-42-39-36-33-24-21-18-15-12-9-6-3)65-59(62)53-50-47-44-41-38-35-31-28-26-23-20-17-14-11-8-5-2/h12,15,21,24,27-29,31,56H,4-11,13-14,16-20,22-23,25-26,30,32-55H2,1-3H3/b15-12-,24-21-,29-27-,31-28-. The summed E-state index contributed by atoms with van der Waals surface area (Å²) in [7, 11) is 0. The van der Waals surface area contributed by atoms with Gasteiger partial charge in [0.05, 0.1) is 0 Å². The molecule has 0 aromatic heterocycles. The number of rotatable bonds is 51. The largest absolute Gasteiger partial charge is 0.462 e. The number of ether oxygens (including phenoxy) is 3. The van der Waals surface area contributed by atoms with E-state index in [1.165, 1.54) is 154 Å². The topological polar surface area (TPSA) is 78.9 Å². The van der Waals surface area contributed by atoms with Crippen molar-refractivity contribution in [1.82, 2.24) is 0 Å².